The zero-order chi connectivity index (χ0) is 22.2. The molecule has 178 valence electrons. The third-order valence-electron chi connectivity index (χ3n) is 5.24. The molecule has 0 atom stereocenters. The van der Waals surface area contributed by atoms with Crippen LogP contribution < -0.4 is 21.7 Å². The molecule has 0 unspecified atom stereocenters. The van der Waals surface area contributed by atoms with Crippen LogP contribution in [0.4, 0.5) is 17.8 Å². The van der Waals surface area contributed by atoms with E-state index in [1.54, 1.807) is 0 Å². The monoisotopic (exact) mass is 437 g/mol. The van der Waals surface area contributed by atoms with Crippen molar-refractivity contribution in [2.45, 2.75) is 71.3 Å². The zero-order valence-electron chi connectivity index (χ0n) is 19.5. The highest BCUT2D eigenvalue weighted by Gasteiger charge is 2.14. The maximum absolute atomic E-state index is 5.57. The molecule has 1 fully saturated rings. The van der Waals surface area contributed by atoms with Crippen LogP contribution in [-0.4, -0.2) is 67.1 Å². The zero-order valence-corrected chi connectivity index (χ0v) is 19.5. The number of ether oxygens (including phenoxy) is 2. The average molecular weight is 438 g/mol. The van der Waals surface area contributed by atoms with Crippen LogP contribution in [0.25, 0.3) is 0 Å². The maximum atomic E-state index is 5.57. The molecule has 0 amide bonds. The van der Waals surface area contributed by atoms with Crippen molar-refractivity contribution in [3.63, 3.8) is 0 Å². The van der Waals surface area contributed by atoms with Crippen molar-refractivity contribution in [3.05, 3.63) is 0 Å². The largest absolute Gasteiger partial charge is 0.378 e. The van der Waals surface area contributed by atoms with Crippen molar-refractivity contribution in [1.29, 1.82) is 0 Å². The van der Waals surface area contributed by atoms with Gasteiger partial charge < -0.3 is 31.2 Å². The van der Waals surface area contributed by atoms with Crippen molar-refractivity contribution in [2.75, 3.05) is 62.0 Å². The van der Waals surface area contributed by atoms with E-state index in [1.807, 2.05) is 0 Å². The van der Waals surface area contributed by atoms with E-state index in [4.69, 9.17) is 15.2 Å². The van der Waals surface area contributed by atoms with Crippen LogP contribution in [0, 0.1) is 5.92 Å². The lowest BCUT2D eigenvalue weighted by molar-refractivity contribution is 0.0547. The number of hydrogen-bond donors (Lipinski definition) is 4. The molecule has 0 saturated heterocycles. The summed E-state index contributed by atoms with van der Waals surface area (Å²) < 4.78 is 10.9. The Morgan fingerprint density at radius 1 is 0.806 bits per heavy atom. The summed E-state index contributed by atoms with van der Waals surface area (Å²) in [7, 11) is 0. The summed E-state index contributed by atoms with van der Waals surface area (Å²) in [5.41, 5.74) is 5.39. The van der Waals surface area contributed by atoms with Crippen LogP contribution >= 0.6 is 0 Å². The van der Waals surface area contributed by atoms with Gasteiger partial charge in [-0.1, -0.05) is 46.0 Å². The van der Waals surface area contributed by atoms with Crippen molar-refractivity contribution >= 4 is 17.8 Å². The number of nitrogens with two attached hydrogens (primary N) is 1. The molecule has 5 N–H and O–H groups in total. The summed E-state index contributed by atoms with van der Waals surface area (Å²) in [5, 5.41) is 10.2. The predicted octanol–water partition coefficient (Wildman–Crippen LogP) is 3.26. The molecule has 0 radical (unpaired) electrons. The van der Waals surface area contributed by atoms with Gasteiger partial charge in [-0.25, -0.2) is 0 Å². The van der Waals surface area contributed by atoms with Gasteiger partial charge in [-0.15, -0.1) is 0 Å². The van der Waals surface area contributed by atoms with Gasteiger partial charge in [0.1, 0.15) is 0 Å². The first-order chi connectivity index (χ1) is 15.2. The van der Waals surface area contributed by atoms with Gasteiger partial charge in [-0.3, -0.25) is 0 Å². The average Bonchev–Trinajstić information content (AvgIpc) is 2.71. The molecule has 0 bridgehead atoms. The first kappa shape index (κ1) is 25.5. The van der Waals surface area contributed by atoms with Crippen LogP contribution in [0.15, 0.2) is 0 Å². The van der Waals surface area contributed by atoms with E-state index in [-0.39, 0.29) is 0 Å². The first-order valence-corrected chi connectivity index (χ1v) is 12.0. The van der Waals surface area contributed by atoms with Gasteiger partial charge in [0, 0.05) is 25.7 Å². The summed E-state index contributed by atoms with van der Waals surface area (Å²) in [6.45, 7) is 8.65. The second kappa shape index (κ2) is 16.0. The van der Waals surface area contributed by atoms with Crippen LogP contribution in [0.1, 0.15) is 65.2 Å². The van der Waals surface area contributed by atoms with Gasteiger partial charge in [-0.05, 0) is 25.2 Å². The van der Waals surface area contributed by atoms with Crippen molar-refractivity contribution in [2.24, 2.45) is 11.7 Å². The molecular formula is C22H43N7O2. The fraction of sp³-hybridized carbons (Fsp3) is 0.864. The standard InChI is InChI=1S/C22H43N7O2/c1-18(2)10-12-24-20-27-21(25-13-15-31-17-16-30-14-11-23)29-22(28-20)26-19-8-6-4-3-5-7-9-19/h18-19H,3-17,23H2,1-2H3,(H3,24,25,26,27,28,29). The number of nitrogens with one attached hydrogen (secondary N) is 3. The molecule has 1 aliphatic rings. The van der Waals surface area contributed by atoms with Crippen molar-refractivity contribution < 1.29 is 9.47 Å². The molecule has 31 heavy (non-hydrogen) atoms. The summed E-state index contributed by atoms with van der Waals surface area (Å²) >= 11 is 0. The lowest BCUT2D eigenvalue weighted by atomic mass is 9.97. The molecular weight excluding hydrogens is 394 g/mol. The Balaban J connectivity index is 1.88. The van der Waals surface area contributed by atoms with Crippen LogP contribution in [0.5, 0.6) is 0 Å². The molecule has 2 rings (SSSR count). The van der Waals surface area contributed by atoms with Crippen LogP contribution in [-0.2, 0) is 9.47 Å². The summed E-state index contributed by atoms with van der Waals surface area (Å²) in [6, 6.07) is 0.427. The Kier molecular flexibility index (Phi) is 13.2. The number of nitrogens with zero attached hydrogens (tertiary/aromatic N) is 3. The molecule has 9 nitrogen and oxygen atoms in total. The molecule has 0 aromatic carbocycles. The predicted molar refractivity (Wildman–Crippen MR) is 127 cm³/mol. The molecule has 0 aliphatic heterocycles. The smallest absolute Gasteiger partial charge is 0.229 e. The van der Waals surface area contributed by atoms with Gasteiger partial charge in [-0.2, -0.15) is 15.0 Å². The minimum Gasteiger partial charge on any atom is -0.378 e. The fourth-order valence-electron chi connectivity index (χ4n) is 3.49. The Labute approximate surface area is 187 Å². The SMILES string of the molecule is CC(C)CCNc1nc(NCCOCCOCCN)nc(NC2CCCCCCC2)n1. The quantitative estimate of drug-likeness (QED) is 0.306. The molecule has 1 aromatic rings. The number of anilines is 3. The highest BCUT2D eigenvalue weighted by Crippen LogP contribution is 2.20. The fourth-order valence-corrected chi connectivity index (χ4v) is 3.49. The molecule has 1 heterocycles. The Morgan fingerprint density at radius 3 is 2.03 bits per heavy atom. The van der Waals surface area contributed by atoms with Crippen LogP contribution in [0.3, 0.4) is 0 Å². The molecule has 9 heteroatoms. The van der Waals surface area contributed by atoms with Gasteiger partial charge in [0.2, 0.25) is 17.8 Å². The lowest BCUT2D eigenvalue weighted by Gasteiger charge is -2.21. The Morgan fingerprint density at radius 2 is 1.39 bits per heavy atom. The topological polar surface area (TPSA) is 119 Å². The van der Waals surface area contributed by atoms with Gasteiger partial charge >= 0.3 is 0 Å². The van der Waals surface area contributed by atoms with E-state index < -0.39 is 0 Å². The van der Waals surface area contributed by atoms with Crippen molar-refractivity contribution in [3.8, 4) is 0 Å². The lowest BCUT2D eigenvalue weighted by Crippen LogP contribution is -2.23. The molecule has 0 spiro atoms. The highest BCUT2D eigenvalue weighted by atomic mass is 16.5. The summed E-state index contributed by atoms with van der Waals surface area (Å²) in [4.78, 5) is 13.8. The van der Waals surface area contributed by atoms with Gasteiger partial charge in [0.05, 0.1) is 26.4 Å². The van der Waals surface area contributed by atoms with E-state index in [0.717, 1.165) is 13.0 Å². The number of rotatable bonds is 15. The van der Waals surface area contributed by atoms with E-state index >= 15 is 0 Å². The third-order valence-corrected chi connectivity index (χ3v) is 5.24. The normalized spacial score (nSPS) is 15.5. The summed E-state index contributed by atoms with van der Waals surface area (Å²) in [6.07, 6.45) is 9.94. The minimum atomic E-state index is 0.427. The second-order valence-corrected chi connectivity index (χ2v) is 8.54. The minimum absolute atomic E-state index is 0.427. The van der Waals surface area contributed by atoms with Gasteiger partial charge in [0.15, 0.2) is 0 Å². The van der Waals surface area contributed by atoms with Gasteiger partial charge in [0.25, 0.3) is 0 Å². The van der Waals surface area contributed by atoms with E-state index in [2.05, 4.69) is 44.7 Å². The second-order valence-electron chi connectivity index (χ2n) is 8.54. The van der Waals surface area contributed by atoms with Crippen molar-refractivity contribution in [1.82, 2.24) is 15.0 Å². The highest BCUT2D eigenvalue weighted by molar-refractivity contribution is 5.42. The molecule has 1 aromatic heterocycles. The number of aromatic nitrogens is 3. The Bertz CT molecular complexity index is 581. The van der Waals surface area contributed by atoms with E-state index in [0.29, 0.717) is 69.3 Å². The van der Waals surface area contributed by atoms with E-state index in [9.17, 15) is 0 Å². The maximum Gasteiger partial charge on any atom is 0.229 e. The first-order valence-electron chi connectivity index (χ1n) is 12.0. The van der Waals surface area contributed by atoms with Crippen LogP contribution in [0.2, 0.25) is 0 Å². The summed E-state index contributed by atoms with van der Waals surface area (Å²) in [5.74, 6) is 2.46. The number of hydrogen-bond acceptors (Lipinski definition) is 9. The Hall–Kier alpha value is -1.71. The molecule has 1 saturated carbocycles. The molecule has 1 aliphatic carbocycles. The third kappa shape index (κ3) is 12.0. The van der Waals surface area contributed by atoms with E-state index in [1.165, 1.54) is 44.9 Å².